The molecule has 2 atom stereocenters. The fourth-order valence-electron chi connectivity index (χ4n) is 3.45. The van der Waals surface area contributed by atoms with E-state index in [0.717, 1.165) is 30.2 Å². The largest absolute Gasteiger partial charge is 0.349 e. The van der Waals surface area contributed by atoms with Gasteiger partial charge in [-0.1, -0.05) is 50.1 Å². The molecule has 148 valence electrons. The van der Waals surface area contributed by atoms with Crippen molar-refractivity contribution in [2.45, 2.75) is 38.6 Å². The van der Waals surface area contributed by atoms with E-state index in [1.54, 1.807) is 24.3 Å². The van der Waals surface area contributed by atoms with E-state index >= 15 is 0 Å². The van der Waals surface area contributed by atoms with Crippen LogP contribution in [0.15, 0.2) is 60.0 Å². The van der Waals surface area contributed by atoms with Crippen LogP contribution in [0.4, 0.5) is 5.69 Å². The van der Waals surface area contributed by atoms with Gasteiger partial charge in [-0.05, 0) is 54.7 Å². The molecular weight excluding hydrogens is 372 g/mol. The number of hydrogen-bond acceptors (Lipinski definition) is 3. The van der Waals surface area contributed by atoms with Crippen LogP contribution in [0.25, 0.3) is 6.08 Å². The van der Waals surface area contributed by atoms with Gasteiger partial charge < -0.3 is 5.32 Å². The zero-order chi connectivity index (χ0) is 20.0. The van der Waals surface area contributed by atoms with Gasteiger partial charge in [0.05, 0.1) is 5.41 Å². The van der Waals surface area contributed by atoms with Crippen molar-refractivity contribution in [1.29, 1.82) is 0 Å². The molecule has 1 aliphatic carbocycles. The lowest BCUT2D eigenvalue weighted by Gasteiger charge is -2.27. The first-order valence-corrected chi connectivity index (χ1v) is 11.1. The molecule has 0 aliphatic heterocycles. The molecule has 5 nitrogen and oxygen atoms in total. The Hall–Kier alpha value is -2.60. The minimum absolute atomic E-state index is 0.113. The van der Waals surface area contributed by atoms with Crippen LogP contribution in [0, 0.1) is 5.92 Å². The third-order valence-electron chi connectivity index (χ3n) is 4.92. The summed E-state index contributed by atoms with van der Waals surface area (Å²) in [6.07, 6.45) is 5.93. The summed E-state index contributed by atoms with van der Waals surface area (Å²) in [5.41, 5.74) is 1.75. The molecule has 0 radical (unpaired) electrons. The summed E-state index contributed by atoms with van der Waals surface area (Å²) in [4.78, 5) is 12.4. The maximum absolute atomic E-state index is 12.4. The number of nitrogens with one attached hydrogen (secondary N) is 2. The van der Waals surface area contributed by atoms with Gasteiger partial charge in [0.15, 0.2) is 0 Å². The van der Waals surface area contributed by atoms with E-state index in [-0.39, 0.29) is 11.9 Å². The molecule has 2 N–H and O–H groups in total. The lowest BCUT2D eigenvalue weighted by atomic mass is 9.87. The number of carbonyl (C=O) groups is 1. The highest BCUT2D eigenvalue weighted by molar-refractivity contribution is 7.95. The quantitative estimate of drug-likeness (QED) is 0.757. The van der Waals surface area contributed by atoms with Crippen molar-refractivity contribution in [3.63, 3.8) is 0 Å². The molecular formula is C22H26N2O3S. The highest BCUT2D eigenvalue weighted by atomic mass is 32.2. The van der Waals surface area contributed by atoms with Crippen molar-refractivity contribution < 1.29 is 13.2 Å². The van der Waals surface area contributed by atoms with Gasteiger partial charge in [-0.25, -0.2) is 8.42 Å². The summed E-state index contributed by atoms with van der Waals surface area (Å²) in [5.74, 6) is 0.525. The summed E-state index contributed by atoms with van der Waals surface area (Å²) in [6.45, 7) is 2.21. The highest BCUT2D eigenvalue weighted by Crippen LogP contribution is 2.24. The molecule has 0 spiro atoms. The van der Waals surface area contributed by atoms with E-state index in [1.165, 1.54) is 12.5 Å². The highest BCUT2D eigenvalue weighted by Gasteiger charge is 2.20. The molecule has 0 aromatic heterocycles. The number of sulfonamides is 1. The fourth-order valence-corrected chi connectivity index (χ4v) is 4.32. The van der Waals surface area contributed by atoms with Crippen LogP contribution >= 0.6 is 0 Å². The van der Waals surface area contributed by atoms with Gasteiger partial charge in [0.25, 0.3) is 15.9 Å². The lowest BCUT2D eigenvalue weighted by Crippen LogP contribution is -2.37. The molecule has 1 saturated carbocycles. The van der Waals surface area contributed by atoms with Gasteiger partial charge in [-0.15, -0.1) is 0 Å². The molecule has 2 aromatic rings. The second-order valence-corrected chi connectivity index (χ2v) is 8.95. The van der Waals surface area contributed by atoms with E-state index in [9.17, 15) is 13.2 Å². The van der Waals surface area contributed by atoms with Gasteiger partial charge in [0.1, 0.15) is 0 Å². The molecule has 0 saturated heterocycles. The number of hydrogen-bond donors (Lipinski definition) is 2. The van der Waals surface area contributed by atoms with Crippen molar-refractivity contribution in [2.24, 2.45) is 5.92 Å². The zero-order valence-electron chi connectivity index (χ0n) is 16.0. The minimum atomic E-state index is -3.63. The van der Waals surface area contributed by atoms with Crippen molar-refractivity contribution in [2.75, 3.05) is 4.72 Å². The summed E-state index contributed by atoms with van der Waals surface area (Å²) >= 11 is 0. The molecule has 0 heterocycles. The van der Waals surface area contributed by atoms with Crippen molar-refractivity contribution in [1.82, 2.24) is 5.32 Å². The van der Waals surface area contributed by atoms with Crippen molar-refractivity contribution >= 4 is 27.7 Å². The van der Waals surface area contributed by atoms with Crippen LogP contribution in [-0.4, -0.2) is 20.4 Å². The van der Waals surface area contributed by atoms with E-state index in [4.69, 9.17) is 0 Å². The zero-order valence-corrected chi connectivity index (χ0v) is 16.8. The second kappa shape index (κ2) is 9.06. The van der Waals surface area contributed by atoms with E-state index in [1.807, 2.05) is 30.3 Å². The van der Waals surface area contributed by atoms with Crippen LogP contribution in [0.2, 0.25) is 0 Å². The topological polar surface area (TPSA) is 75.3 Å². The molecule has 2 aromatic carbocycles. The number of anilines is 1. The first kappa shape index (κ1) is 20.1. The Balaban J connectivity index is 1.59. The Kier molecular flexibility index (Phi) is 6.52. The molecule has 1 amide bonds. The molecule has 6 heteroatoms. The number of amides is 1. The maximum Gasteiger partial charge on any atom is 0.255 e. The first-order valence-electron chi connectivity index (χ1n) is 9.58. The smallest absolute Gasteiger partial charge is 0.255 e. The maximum atomic E-state index is 12.4. The van der Waals surface area contributed by atoms with Crippen LogP contribution < -0.4 is 10.0 Å². The van der Waals surface area contributed by atoms with E-state index < -0.39 is 10.0 Å². The molecule has 2 unspecified atom stereocenters. The Morgan fingerprint density at radius 2 is 1.75 bits per heavy atom. The van der Waals surface area contributed by atoms with Gasteiger partial charge in [0, 0.05) is 17.3 Å². The molecule has 1 aliphatic rings. The number of benzene rings is 2. The number of rotatable bonds is 6. The van der Waals surface area contributed by atoms with Gasteiger partial charge in [-0.2, -0.15) is 0 Å². The number of carbonyl (C=O) groups excluding carboxylic acids is 1. The van der Waals surface area contributed by atoms with Crippen molar-refractivity contribution in [3.05, 3.63) is 71.1 Å². The second-order valence-electron chi connectivity index (χ2n) is 7.38. The van der Waals surface area contributed by atoms with Crippen molar-refractivity contribution in [3.8, 4) is 0 Å². The van der Waals surface area contributed by atoms with E-state index in [0.29, 0.717) is 17.2 Å². The first-order chi connectivity index (χ1) is 13.4. The van der Waals surface area contributed by atoms with E-state index in [2.05, 4.69) is 17.0 Å². The third-order valence-corrected chi connectivity index (χ3v) is 5.93. The van der Waals surface area contributed by atoms with Crippen LogP contribution in [-0.2, 0) is 10.0 Å². The predicted octanol–water partition coefficient (Wildman–Crippen LogP) is 4.41. The summed E-state index contributed by atoms with van der Waals surface area (Å²) < 4.78 is 26.9. The minimum Gasteiger partial charge on any atom is -0.349 e. The Morgan fingerprint density at radius 3 is 2.43 bits per heavy atom. The Labute approximate surface area is 166 Å². The standard InChI is InChI=1S/C22H26N2O3S/c1-17-6-5-9-21(16-17)23-22(25)19-10-12-20(13-11-19)24-28(26,27)15-14-18-7-3-2-4-8-18/h2-4,7-8,10-15,17,21,24H,5-6,9,16H2,1H3,(H,23,25)/b15-14+. The Morgan fingerprint density at radius 1 is 1.04 bits per heavy atom. The average Bonchev–Trinajstić information content (AvgIpc) is 2.67. The Bertz CT molecular complexity index is 922. The van der Waals surface area contributed by atoms with Gasteiger partial charge >= 0.3 is 0 Å². The molecule has 1 fully saturated rings. The van der Waals surface area contributed by atoms with Gasteiger partial charge in [-0.3, -0.25) is 9.52 Å². The molecule has 0 bridgehead atoms. The normalized spacial score (nSPS) is 20.0. The SMILES string of the molecule is CC1CCCC(NC(=O)c2ccc(NS(=O)(=O)/C=C/c3ccccc3)cc2)C1. The summed E-state index contributed by atoms with van der Waals surface area (Å²) in [7, 11) is -3.63. The van der Waals surface area contributed by atoms with Crippen LogP contribution in [0.5, 0.6) is 0 Å². The van der Waals surface area contributed by atoms with Crippen LogP contribution in [0.1, 0.15) is 48.5 Å². The van der Waals surface area contributed by atoms with Crippen LogP contribution in [0.3, 0.4) is 0 Å². The summed E-state index contributed by atoms with van der Waals surface area (Å²) in [5, 5.41) is 4.22. The lowest BCUT2D eigenvalue weighted by molar-refractivity contribution is 0.0921. The van der Waals surface area contributed by atoms with Gasteiger partial charge in [0.2, 0.25) is 0 Å². The summed E-state index contributed by atoms with van der Waals surface area (Å²) in [6, 6.07) is 15.9. The third kappa shape index (κ3) is 5.96. The fraction of sp³-hybridized carbons (Fsp3) is 0.318. The average molecular weight is 399 g/mol. The molecule has 3 rings (SSSR count). The monoisotopic (exact) mass is 398 g/mol. The predicted molar refractivity (Wildman–Crippen MR) is 113 cm³/mol. The molecule has 28 heavy (non-hydrogen) atoms.